The molecule has 1 aliphatic heterocycles. The van der Waals surface area contributed by atoms with Crippen LogP contribution in [0.25, 0.3) is 17.1 Å². The third-order valence-corrected chi connectivity index (χ3v) is 5.17. The standard InChI is InChI=1S/C24H28N4O2/c1-24(2,3)30-23(29)27-16-14-18(15-17-27)21-25-22(19-10-6-4-7-11-19)28(26-21)20-12-8-5-9-13-20/h4-13,18H,14-17H2,1-3H3. The minimum Gasteiger partial charge on any atom is -0.444 e. The first-order valence-electron chi connectivity index (χ1n) is 10.5. The van der Waals surface area contributed by atoms with Gasteiger partial charge in [-0.05, 0) is 45.7 Å². The molecule has 6 nitrogen and oxygen atoms in total. The quantitative estimate of drug-likeness (QED) is 0.613. The average molecular weight is 405 g/mol. The number of nitrogens with zero attached hydrogens (tertiary/aromatic N) is 4. The van der Waals surface area contributed by atoms with Gasteiger partial charge >= 0.3 is 6.09 Å². The van der Waals surface area contributed by atoms with E-state index in [0.717, 1.165) is 35.7 Å². The van der Waals surface area contributed by atoms with E-state index in [1.165, 1.54) is 0 Å². The molecule has 0 unspecified atom stereocenters. The first-order valence-corrected chi connectivity index (χ1v) is 10.5. The van der Waals surface area contributed by atoms with Crippen LogP contribution in [0.3, 0.4) is 0 Å². The summed E-state index contributed by atoms with van der Waals surface area (Å²) < 4.78 is 7.43. The van der Waals surface area contributed by atoms with Crippen molar-refractivity contribution in [3.05, 3.63) is 66.5 Å². The average Bonchev–Trinajstić information content (AvgIpc) is 3.19. The van der Waals surface area contributed by atoms with E-state index in [1.807, 2.05) is 74.0 Å². The number of ether oxygens (including phenoxy) is 1. The van der Waals surface area contributed by atoms with Crippen LogP contribution in [0.2, 0.25) is 0 Å². The van der Waals surface area contributed by atoms with Crippen LogP contribution in [-0.2, 0) is 4.74 Å². The molecule has 1 fully saturated rings. The van der Waals surface area contributed by atoms with Crippen LogP contribution in [0.1, 0.15) is 45.4 Å². The van der Waals surface area contributed by atoms with Gasteiger partial charge in [-0.2, -0.15) is 5.10 Å². The zero-order valence-corrected chi connectivity index (χ0v) is 17.8. The van der Waals surface area contributed by atoms with E-state index in [9.17, 15) is 4.79 Å². The normalized spacial score (nSPS) is 15.2. The fraction of sp³-hybridized carbons (Fsp3) is 0.375. The maximum atomic E-state index is 12.4. The Hall–Kier alpha value is -3.15. The van der Waals surface area contributed by atoms with Gasteiger partial charge in [-0.3, -0.25) is 0 Å². The fourth-order valence-electron chi connectivity index (χ4n) is 3.67. The Morgan fingerprint density at radius 1 is 0.967 bits per heavy atom. The molecule has 0 spiro atoms. The Morgan fingerprint density at radius 3 is 2.17 bits per heavy atom. The Balaban J connectivity index is 1.56. The van der Waals surface area contributed by atoms with Crippen molar-refractivity contribution in [1.82, 2.24) is 19.7 Å². The Bertz CT molecular complexity index is 928. The highest BCUT2D eigenvalue weighted by molar-refractivity contribution is 5.68. The van der Waals surface area contributed by atoms with Crippen molar-refractivity contribution in [3.63, 3.8) is 0 Å². The van der Waals surface area contributed by atoms with Crippen molar-refractivity contribution >= 4 is 6.09 Å². The van der Waals surface area contributed by atoms with Gasteiger partial charge in [0.2, 0.25) is 0 Å². The molecule has 0 saturated carbocycles. The molecule has 1 amide bonds. The molecule has 0 bridgehead atoms. The number of carbonyl (C=O) groups is 1. The summed E-state index contributed by atoms with van der Waals surface area (Å²) >= 11 is 0. The molecule has 30 heavy (non-hydrogen) atoms. The second-order valence-electron chi connectivity index (χ2n) is 8.65. The smallest absolute Gasteiger partial charge is 0.410 e. The van der Waals surface area contributed by atoms with Crippen LogP contribution in [-0.4, -0.2) is 44.4 Å². The van der Waals surface area contributed by atoms with Crippen molar-refractivity contribution in [3.8, 4) is 17.1 Å². The van der Waals surface area contributed by atoms with Gasteiger partial charge in [0.15, 0.2) is 11.6 Å². The molecular formula is C24H28N4O2. The van der Waals surface area contributed by atoms with Crippen LogP contribution in [0.15, 0.2) is 60.7 Å². The number of piperidine rings is 1. The molecule has 4 rings (SSSR count). The first kappa shape index (κ1) is 20.1. The van der Waals surface area contributed by atoms with Crippen LogP contribution in [0, 0.1) is 0 Å². The number of carbonyl (C=O) groups excluding carboxylic acids is 1. The second kappa shape index (κ2) is 8.30. The highest BCUT2D eigenvalue weighted by Gasteiger charge is 2.30. The van der Waals surface area contributed by atoms with Gasteiger partial charge in [-0.25, -0.2) is 14.5 Å². The van der Waals surface area contributed by atoms with Gasteiger partial charge in [0, 0.05) is 24.6 Å². The summed E-state index contributed by atoms with van der Waals surface area (Å²) in [6.45, 7) is 6.98. The summed E-state index contributed by atoms with van der Waals surface area (Å²) in [5.41, 5.74) is 1.54. The monoisotopic (exact) mass is 404 g/mol. The van der Waals surface area contributed by atoms with E-state index in [2.05, 4.69) is 12.1 Å². The molecule has 1 aliphatic rings. The highest BCUT2D eigenvalue weighted by atomic mass is 16.6. The minimum atomic E-state index is -0.478. The third-order valence-electron chi connectivity index (χ3n) is 5.17. The number of hydrogen-bond donors (Lipinski definition) is 0. The molecule has 0 aliphatic carbocycles. The summed E-state index contributed by atoms with van der Waals surface area (Å²) in [4.78, 5) is 19.1. The zero-order valence-electron chi connectivity index (χ0n) is 17.8. The summed E-state index contributed by atoms with van der Waals surface area (Å²) in [7, 11) is 0. The van der Waals surface area contributed by atoms with E-state index in [1.54, 1.807) is 4.90 Å². The Kier molecular flexibility index (Phi) is 5.57. The third kappa shape index (κ3) is 4.53. The lowest BCUT2D eigenvalue weighted by Crippen LogP contribution is -2.41. The molecular weight excluding hydrogens is 376 g/mol. The van der Waals surface area contributed by atoms with Gasteiger partial charge in [-0.1, -0.05) is 48.5 Å². The molecule has 156 valence electrons. The van der Waals surface area contributed by atoms with Crippen molar-refractivity contribution in [2.45, 2.75) is 45.1 Å². The lowest BCUT2D eigenvalue weighted by atomic mass is 9.96. The van der Waals surface area contributed by atoms with E-state index in [-0.39, 0.29) is 12.0 Å². The molecule has 1 saturated heterocycles. The molecule has 2 aromatic carbocycles. The highest BCUT2D eigenvalue weighted by Crippen LogP contribution is 2.30. The lowest BCUT2D eigenvalue weighted by molar-refractivity contribution is 0.0203. The predicted octanol–water partition coefficient (Wildman–Crippen LogP) is 5.05. The zero-order chi connectivity index (χ0) is 21.1. The number of rotatable bonds is 3. The minimum absolute atomic E-state index is 0.219. The van der Waals surface area contributed by atoms with Crippen LogP contribution in [0.5, 0.6) is 0 Å². The number of hydrogen-bond acceptors (Lipinski definition) is 4. The molecule has 3 aromatic rings. The van der Waals surface area contributed by atoms with Crippen molar-refractivity contribution in [2.24, 2.45) is 0 Å². The van der Waals surface area contributed by atoms with Crippen molar-refractivity contribution < 1.29 is 9.53 Å². The second-order valence-corrected chi connectivity index (χ2v) is 8.65. The summed E-state index contributed by atoms with van der Waals surface area (Å²) in [5.74, 6) is 1.89. The van der Waals surface area contributed by atoms with E-state index >= 15 is 0 Å². The van der Waals surface area contributed by atoms with Gasteiger partial charge in [0.1, 0.15) is 5.60 Å². The van der Waals surface area contributed by atoms with Crippen LogP contribution in [0.4, 0.5) is 4.79 Å². The summed E-state index contributed by atoms with van der Waals surface area (Å²) in [6.07, 6.45) is 1.41. The number of para-hydroxylation sites is 1. The number of likely N-dealkylation sites (tertiary alicyclic amines) is 1. The number of aromatic nitrogens is 3. The maximum absolute atomic E-state index is 12.4. The SMILES string of the molecule is CC(C)(C)OC(=O)N1CCC(c2nc(-c3ccccc3)n(-c3ccccc3)n2)CC1. The van der Waals surface area contributed by atoms with Gasteiger partial charge in [0.05, 0.1) is 5.69 Å². The lowest BCUT2D eigenvalue weighted by Gasteiger charge is -2.32. The van der Waals surface area contributed by atoms with Crippen LogP contribution < -0.4 is 0 Å². The Labute approximate surface area is 177 Å². The number of benzene rings is 2. The molecule has 1 aromatic heterocycles. The van der Waals surface area contributed by atoms with Gasteiger partial charge < -0.3 is 9.64 Å². The Morgan fingerprint density at radius 2 is 1.57 bits per heavy atom. The molecule has 0 atom stereocenters. The van der Waals surface area contributed by atoms with Crippen LogP contribution >= 0.6 is 0 Å². The van der Waals surface area contributed by atoms with E-state index < -0.39 is 5.60 Å². The number of amides is 1. The predicted molar refractivity (Wildman–Crippen MR) is 117 cm³/mol. The van der Waals surface area contributed by atoms with Crippen molar-refractivity contribution in [1.29, 1.82) is 0 Å². The fourth-order valence-corrected chi connectivity index (χ4v) is 3.67. The molecule has 2 heterocycles. The first-order chi connectivity index (χ1) is 14.4. The van der Waals surface area contributed by atoms with Gasteiger partial charge in [0.25, 0.3) is 0 Å². The molecule has 0 radical (unpaired) electrons. The topological polar surface area (TPSA) is 60.2 Å². The molecule has 6 heteroatoms. The van der Waals surface area contributed by atoms with Gasteiger partial charge in [-0.15, -0.1) is 0 Å². The van der Waals surface area contributed by atoms with E-state index in [4.69, 9.17) is 14.8 Å². The summed E-state index contributed by atoms with van der Waals surface area (Å²) in [6, 6.07) is 20.2. The maximum Gasteiger partial charge on any atom is 0.410 e. The van der Waals surface area contributed by atoms with E-state index in [0.29, 0.717) is 13.1 Å². The molecule has 0 N–H and O–H groups in total. The summed E-state index contributed by atoms with van der Waals surface area (Å²) in [5, 5.41) is 4.88. The largest absolute Gasteiger partial charge is 0.444 e. The van der Waals surface area contributed by atoms with Crippen molar-refractivity contribution in [2.75, 3.05) is 13.1 Å².